The second-order valence-corrected chi connectivity index (χ2v) is 5.60. The van der Waals surface area contributed by atoms with E-state index in [-0.39, 0.29) is 17.3 Å². The van der Waals surface area contributed by atoms with Gasteiger partial charge in [0.15, 0.2) is 11.5 Å². The van der Waals surface area contributed by atoms with Crippen molar-refractivity contribution in [2.45, 2.75) is 13.3 Å². The van der Waals surface area contributed by atoms with Gasteiger partial charge in [0, 0.05) is 5.69 Å². The van der Waals surface area contributed by atoms with Crippen LogP contribution in [0, 0.1) is 6.92 Å². The molecule has 0 unspecified atom stereocenters. The van der Waals surface area contributed by atoms with Gasteiger partial charge in [0.1, 0.15) is 5.75 Å². The topological polar surface area (TPSA) is 95.1 Å². The molecular weight excluding hydrogens is 363 g/mol. The molecule has 3 aromatic rings. The van der Waals surface area contributed by atoms with Crippen LogP contribution in [-0.2, 0) is 0 Å². The molecule has 1 aromatic heterocycles. The van der Waals surface area contributed by atoms with Gasteiger partial charge >= 0.3 is 6.36 Å². The molecule has 0 aliphatic rings. The molecule has 3 N–H and O–H groups in total. The number of nitrogens with zero attached hydrogens (tertiary/aromatic N) is 3. The molecule has 7 nitrogen and oxygen atoms in total. The summed E-state index contributed by atoms with van der Waals surface area (Å²) in [6.45, 7) is 1.88. The maximum absolute atomic E-state index is 12.3. The Labute approximate surface area is 151 Å². The molecule has 0 aliphatic carbocycles. The highest BCUT2D eigenvalue weighted by Crippen LogP contribution is 2.24. The maximum Gasteiger partial charge on any atom is 0.573 e. The third-order valence-electron chi connectivity index (χ3n) is 3.51. The molecule has 27 heavy (non-hydrogen) atoms. The first kappa shape index (κ1) is 18.2. The van der Waals surface area contributed by atoms with Crippen LogP contribution in [-0.4, -0.2) is 27.3 Å². The molecule has 0 radical (unpaired) electrons. The Kier molecular flexibility index (Phi) is 4.72. The minimum Gasteiger partial charge on any atom is -0.406 e. The van der Waals surface area contributed by atoms with Crippen LogP contribution < -0.4 is 15.8 Å². The molecule has 3 rings (SSSR count). The lowest BCUT2D eigenvalue weighted by molar-refractivity contribution is -0.274. The van der Waals surface area contributed by atoms with Gasteiger partial charge in [-0.15, -0.1) is 18.3 Å². The Hall–Kier alpha value is -3.56. The standard InChI is InChI=1S/C17H14F3N5O2/c1-10-3-2-4-11(9-10)22-16(26)14-15(21)25(24-23-14)12-5-7-13(8-6-12)27-17(18,19)20/h2-9H,21H2,1H3,(H,22,26). The summed E-state index contributed by atoms with van der Waals surface area (Å²) < 4.78 is 41.6. The predicted molar refractivity (Wildman–Crippen MR) is 91.6 cm³/mol. The normalized spacial score (nSPS) is 11.3. The number of nitrogens with one attached hydrogen (secondary N) is 1. The first-order valence-electron chi connectivity index (χ1n) is 7.68. The van der Waals surface area contributed by atoms with Crippen LogP contribution in [0.2, 0.25) is 0 Å². The zero-order chi connectivity index (χ0) is 19.6. The Morgan fingerprint density at radius 2 is 1.89 bits per heavy atom. The molecule has 0 spiro atoms. The van der Waals surface area contributed by atoms with Crippen LogP contribution in [0.4, 0.5) is 24.7 Å². The molecule has 10 heteroatoms. The summed E-state index contributed by atoms with van der Waals surface area (Å²) in [6, 6.07) is 12.0. The first-order chi connectivity index (χ1) is 12.7. The van der Waals surface area contributed by atoms with E-state index in [1.165, 1.54) is 12.1 Å². The van der Waals surface area contributed by atoms with Gasteiger partial charge in [-0.3, -0.25) is 4.79 Å². The summed E-state index contributed by atoms with van der Waals surface area (Å²) in [7, 11) is 0. The minimum absolute atomic E-state index is 0.0513. The van der Waals surface area contributed by atoms with Crippen molar-refractivity contribution in [2.75, 3.05) is 11.1 Å². The van der Waals surface area contributed by atoms with E-state index in [0.29, 0.717) is 11.4 Å². The van der Waals surface area contributed by atoms with Crippen molar-refractivity contribution >= 4 is 17.4 Å². The van der Waals surface area contributed by atoms with Crippen molar-refractivity contribution in [1.82, 2.24) is 15.0 Å². The van der Waals surface area contributed by atoms with E-state index >= 15 is 0 Å². The van der Waals surface area contributed by atoms with E-state index in [0.717, 1.165) is 22.4 Å². The Balaban J connectivity index is 1.79. The van der Waals surface area contributed by atoms with Crippen molar-refractivity contribution in [1.29, 1.82) is 0 Å². The van der Waals surface area contributed by atoms with Gasteiger partial charge in [-0.05, 0) is 48.9 Å². The van der Waals surface area contributed by atoms with Gasteiger partial charge in [-0.2, -0.15) is 4.68 Å². The summed E-state index contributed by atoms with van der Waals surface area (Å²) in [5.41, 5.74) is 7.68. The number of carbonyl (C=O) groups is 1. The van der Waals surface area contributed by atoms with E-state index in [2.05, 4.69) is 20.4 Å². The average molecular weight is 377 g/mol. The molecule has 0 saturated heterocycles. The summed E-state index contributed by atoms with van der Waals surface area (Å²) >= 11 is 0. The highest BCUT2D eigenvalue weighted by molar-refractivity contribution is 6.05. The third-order valence-corrected chi connectivity index (χ3v) is 3.51. The number of alkyl halides is 3. The van der Waals surface area contributed by atoms with Gasteiger partial charge in [0.05, 0.1) is 5.69 Å². The Morgan fingerprint density at radius 3 is 2.52 bits per heavy atom. The number of benzene rings is 2. The smallest absolute Gasteiger partial charge is 0.406 e. The number of anilines is 2. The molecule has 0 atom stereocenters. The molecule has 0 aliphatic heterocycles. The number of hydrogen-bond acceptors (Lipinski definition) is 5. The third kappa shape index (κ3) is 4.35. The fourth-order valence-electron chi connectivity index (χ4n) is 2.34. The van der Waals surface area contributed by atoms with Crippen molar-refractivity contribution < 1.29 is 22.7 Å². The summed E-state index contributed by atoms with van der Waals surface area (Å²) in [5.74, 6) is -0.992. The van der Waals surface area contributed by atoms with Gasteiger partial charge in [0.2, 0.25) is 0 Å². The SMILES string of the molecule is Cc1cccc(NC(=O)c2nnn(-c3ccc(OC(F)(F)F)cc3)c2N)c1. The Bertz CT molecular complexity index is 967. The number of aryl methyl sites for hydroxylation is 1. The fourth-order valence-corrected chi connectivity index (χ4v) is 2.34. The summed E-state index contributed by atoms with van der Waals surface area (Å²) in [5, 5.41) is 10.2. The fraction of sp³-hybridized carbons (Fsp3) is 0.118. The molecular formula is C17H14F3N5O2. The van der Waals surface area contributed by atoms with Gasteiger partial charge in [0.25, 0.3) is 5.91 Å². The van der Waals surface area contributed by atoms with E-state index < -0.39 is 12.3 Å². The van der Waals surface area contributed by atoms with Gasteiger partial charge in [-0.25, -0.2) is 0 Å². The van der Waals surface area contributed by atoms with Crippen LogP contribution in [0.25, 0.3) is 5.69 Å². The number of nitrogens with two attached hydrogens (primary N) is 1. The van der Waals surface area contributed by atoms with E-state index in [1.807, 2.05) is 13.0 Å². The first-order valence-corrected chi connectivity index (χ1v) is 7.68. The Morgan fingerprint density at radius 1 is 1.19 bits per heavy atom. The molecule has 1 heterocycles. The van der Waals surface area contributed by atoms with Crippen LogP contribution >= 0.6 is 0 Å². The lowest BCUT2D eigenvalue weighted by Crippen LogP contribution is -2.17. The van der Waals surface area contributed by atoms with Crippen molar-refractivity contribution in [3.8, 4) is 11.4 Å². The van der Waals surface area contributed by atoms with Crippen molar-refractivity contribution in [3.05, 3.63) is 59.8 Å². The van der Waals surface area contributed by atoms with E-state index in [4.69, 9.17) is 5.73 Å². The van der Waals surface area contributed by atoms with E-state index in [9.17, 15) is 18.0 Å². The maximum atomic E-state index is 12.3. The van der Waals surface area contributed by atoms with Crippen LogP contribution in [0.5, 0.6) is 5.75 Å². The number of carbonyl (C=O) groups excluding carboxylic acids is 1. The second-order valence-electron chi connectivity index (χ2n) is 5.60. The lowest BCUT2D eigenvalue weighted by atomic mass is 10.2. The number of halogens is 3. The average Bonchev–Trinajstić information content (AvgIpc) is 2.96. The van der Waals surface area contributed by atoms with Crippen molar-refractivity contribution in [2.24, 2.45) is 0 Å². The number of nitrogen functional groups attached to an aromatic ring is 1. The largest absolute Gasteiger partial charge is 0.573 e. The minimum atomic E-state index is -4.78. The second kappa shape index (κ2) is 6.98. The highest BCUT2D eigenvalue weighted by atomic mass is 19.4. The number of rotatable bonds is 4. The van der Waals surface area contributed by atoms with Crippen molar-refractivity contribution in [3.63, 3.8) is 0 Å². The number of ether oxygens (including phenoxy) is 1. The molecule has 140 valence electrons. The van der Waals surface area contributed by atoms with Crippen LogP contribution in [0.1, 0.15) is 16.1 Å². The van der Waals surface area contributed by atoms with E-state index in [1.54, 1.807) is 18.2 Å². The quantitative estimate of drug-likeness (QED) is 0.727. The molecule has 1 amide bonds. The molecule has 2 aromatic carbocycles. The lowest BCUT2D eigenvalue weighted by Gasteiger charge is -2.09. The number of hydrogen-bond donors (Lipinski definition) is 2. The van der Waals surface area contributed by atoms with Crippen LogP contribution in [0.15, 0.2) is 48.5 Å². The zero-order valence-electron chi connectivity index (χ0n) is 14.0. The summed E-state index contributed by atoms with van der Waals surface area (Å²) in [6.07, 6.45) is -4.78. The number of amides is 1. The van der Waals surface area contributed by atoms with Crippen LogP contribution in [0.3, 0.4) is 0 Å². The molecule has 0 bridgehead atoms. The molecule has 0 saturated carbocycles. The number of aromatic nitrogens is 3. The zero-order valence-corrected chi connectivity index (χ0v) is 14.0. The van der Waals surface area contributed by atoms with Gasteiger partial charge in [-0.1, -0.05) is 17.3 Å². The van der Waals surface area contributed by atoms with Gasteiger partial charge < -0.3 is 15.8 Å². The molecule has 0 fully saturated rings. The monoisotopic (exact) mass is 377 g/mol. The highest BCUT2D eigenvalue weighted by Gasteiger charge is 2.31. The predicted octanol–water partition coefficient (Wildman–Crippen LogP) is 3.31. The summed E-state index contributed by atoms with van der Waals surface area (Å²) in [4.78, 5) is 12.3.